The van der Waals surface area contributed by atoms with Crippen LogP contribution in [0, 0.1) is 0 Å². The fourth-order valence-corrected chi connectivity index (χ4v) is 6.01. The number of hydrogen-bond donors (Lipinski definition) is 1. The van der Waals surface area contributed by atoms with E-state index in [1.54, 1.807) is 23.1 Å². The first-order chi connectivity index (χ1) is 12.0. The van der Waals surface area contributed by atoms with E-state index >= 15 is 0 Å². The third kappa shape index (κ3) is 3.13. The van der Waals surface area contributed by atoms with Crippen molar-refractivity contribution < 1.29 is 4.79 Å². The molecule has 3 heterocycles. The first-order valence-corrected chi connectivity index (χ1v) is 11.0. The number of primary amides is 1. The summed E-state index contributed by atoms with van der Waals surface area (Å²) in [6, 6.07) is 0. The Morgan fingerprint density at radius 1 is 1.28 bits per heavy atom. The Morgan fingerprint density at radius 3 is 2.84 bits per heavy atom. The summed E-state index contributed by atoms with van der Waals surface area (Å²) in [5, 5.41) is 11.9. The molecule has 0 fully saturated rings. The van der Waals surface area contributed by atoms with Crippen molar-refractivity contribution >= 4 is 56.6 Å². The van der Waals surface area contributed by atoms with Crippen molar-refractivity contribution in [1.82, 2.24) is 19.6 Å². The van der Waals surface area contributed by atoms with E-state index in [1.807, 2.05) is 4.40 Å². The van der Waals surface area contributed by atoms with Crippen molar-refractivity contribution in [2.75, 3.05) is 5.75 Å². The van der Waals surface area contributed by atoms with Gasteiger partial charge in [-0.1, -0.05) is 37.4 Å². The van der Waals surface area contributed by atoms with E-state index in [9.17, 15) is 4.79 Å². The van der Waals surface area contributed by atoms with Crippen LogP contribution >= 0.6 is 34.9 Å². The van der Waals surface area contributed by atoms with Gasteiger partial charge in [-0.15, -0.1) is 21.5 Å². The first-order valence-electron chi connectivity index (χ1n) is 8.31. The van der Waals surface area contributed by atoms with Crippen LogP contribution in [0.1, 0.15) is 37.1 Å². The molecule has 0 atom stereocenters. The molecule has 0 aliphatic heterocycles. The van der Waals surface area contributed by atoms with E-state index in [-0.39, 0.29) is 11.7 Å². The van der Waals surface area contributed by atoms with Gasteiger partial charge in [-0.05, 0) is 31.2 Å². The van der Waals surface area contributed by atoms with Crippen LogP contribution in [0.15, 0.2) is 10.3 Å². The second-order valence-corrected chi connectivity index (χ2v) is 9.92. The average Bonchev–Trinajstić information content (AvgIpc) is 3.12. The number of aromatic nitrogens is 4. The summed E-state index contributed by atoms with van der Waals surface area (Å²) in [7, 11) is 0. The molecular formula is C16H19N5OS3. The molecule has 0 aromatic carbocycles. The highest BCUT2D eigenvalue weighted by Gasteiger charge is 2.24. The summed E-state index contributed by atoms with van der Waals surface area (Å²) < 4.78 is 2.00. The summed E-state index contributed by atoms with van der Waals surface area (Å²) in [5.74, 6) is -0.173. The summed E-state index contributed by atoms with van der Waals surface area (Å²) in [5.41, 5.74) is 7.55. The average molecular weight is 394 g/mol. The standard InChI is InChI=1S/C16H19N5OS3/c1-8(2)24-15-18-14-12(9-5-3-4-6-10(9)25-14)13-19-20-16(21(13)15)23-7-11(17)22/h8H,3-7H2,1-2H3,(H2,17,22). The molecule has 3 aromatic heterocycles. The minimum absolute atomic E-state index is 0.187. The van der Waals surface area contributed by atoms with Gasteiger partial charge >= 0.3 is 0 Å². The van der Waals surface area contributed by atoms with E-state index in [1.165, 1.54) is 35.0 Å². The maximum absolute atomic E-state index is 11.2. The molecule has 4 rings (SSSR count). The molecule has 1 amide bonds. The number of aryl methyl sites for hydroxylation is 2. The molecule has 0 bridgehead atoms. The molecule has 9 heteroatoms. The molecule has 2 N–H and O–H groups in total. The third-order valence-electron chi connectivity index (χ3n) is 4.08. The van der Waals surface area contributed by atoms with Gasteiger partial charge in [0.1, 0.15) is 4.83 Å². The van der Waals surface area contributed by atoms with Crippen molar-refractivity contribution in [1.29, 1.82) is 0 Å². The molecule has 0 saturated carbocycles. The van der Waals surface area contributed by atoms with Gasteiger partial charge in [0.25, 0.3) is 0 Å². The molecule has 25 heavy (non-hydrogen) atoms. The maximum Gasteiger partial charge on any atom is 0.227 e. The Balaban J connectivity index is 1.95. The fourth-order valence-electron chi connectivity index (χ4n) is 3.12. The zero-order valence-corrected chi connectivity index (χ0v) is 16.6. The van der Waals surface area contributed by atoms with E-state index in [0.29, 0.717) is 10.4 Å². The predicted molar refractivity (Wildman–Crippen MR) is 104 cm³/mol. The van der Waals surface area contributed by atoms with Crippen LogP contribution in [-0.4, -0.2) is 36.5 Å². The van der Waals surface area contributed by atoms with Gasteiger partial charge in [-0.2, -0.15) is 0 Å². The van der Waals surface area contributed by atoms with Crippen molar-refractivity contribution in [2.24, 2.45) is 5.73 Å². The number of rotatable bonds is 5. The molecule has 3 aromatic rings. The van der Waals surface area contributed by atoms with Crippen LogP contribution in [-0.2, 0) is 17.6 Å². The lowest BCUT2D eigenvalue weighted by molar-refractivity contribution is -0.115. The molecule has 0 saturated heterocycles. The second-order valence-electron chi connectivity index (χ2n) is 6.35. The van der Waals surface area contributed by atoms with Gasteiger partial charge < -0.3 is 5.73 Å². The molecule has 1 aliphatic rings. The smallest absolute Gasteiger partial charge is 0.227 e. The Morgan fingerprint density at radius 2 is 2.08 bits per heavy atom. The van der Waals surface area contributed by atoms with Crippen LogP contribution < -0.4 is 5.73 Å². The number of thioether (sulfide) groups is 2. The van der Waals surface area contributed by atoms with Crippen molar-refractivity contribution in [2.45, 2.75) is 55.1 Å². The number of thiophene rings is 1. The minimum Gasteiger partial charge on any atom is -0.369 e. The predicted octanol–water partition coefficient (Wildman–Crippen LogP) is 3.30. The Kier molecular flexibility index (Phi) is 4.63. The van der Waals surface area contributed by atoms with Crippen LogP contribution in [0.25, 0.3) is 15.9 Å². The van der Waals surface area contributed by atoms with Crippen LogP contribution in [0.5, 0.6) is 0 Å². The molecule has 0 radical (unpaired) electrons. The topological polar surface area (TPSA) is 86.2 Å². The zero-order chi connectivity index (χ0) is 17.6. The molecule has 6 nitrogen and oxygen atoms in total. The Labute approximate surface area is 158 Å². The van der Waals surface area contributed by atoms with E-state index in [4.69, 9.17) is 10.7 Å². The number of amides is 1. The molecular weight excluding hydrogens is 374 g/mol. The number of fused-ring (bicyclic) bond motifs is 5. The zero-order valence-electron chi connectivity index (χ0n) is 14.1. The first kappa shape index (κ1) is 17.1. The lowest BCUT2D eigenvalue weighted by atomic mass is 9.97. The van der Waals surface area contributed by atoms with Crippen molar-refractivity contribution in [3.8, 4) is 0 Å². The number of nitrogens with zero attached hydrogens (tertiary/aromatic N) is 4. The fraction of sp³-hybridized carbons (Fsp3) is 0.500. The number of nitrogens with two attached hydrogens (primary N) is 1. The van der Waals surface area contributed by atoms with Crippen molar-refractivity contribution in [3.63, 3.8) is 0 Å². The summed E-state index contributed by atoms with van der Waals surface area (Å²) in [4.78, 5) is 18.6. The lowest BCUT2D eigenvalue weighted by Gasteiger charge is -2.11. The van der Waals surface area contributed by atoms with E-state index in [0.717, 1.165) is 33.9 Å². The van der Waals surface area contributed by atoms with Gasteiger partial charge in [0.2, 0.25) is 5.91 Å². The van der Waals surface area contributed by atoms with E-state index in [2.05, 4.69) is 24.0 Å². The van der Waals surface area contributed by atoms with Crippen LogP contribution in [0.3, 0.4) is 0 Å². The summed E-state index contributed by atoms with van der Waals surface area (Å²) in [6.45, 7) is 4.28. The largest absolute Gasteiger partial charge is 0.369 e. The molecule has 132 valence electrons. The maximum atomic E-state index is 11.2. The third-order valence-corrected chi connectivity index (χ3v) is 7.18. The van der Waals surface area contributed by atoms with Gasteiger partial charge in [0, 0.05) is 10.1 Å². The summed E-state index contributed by atoms with van der Waals surface area (Å²) in [6.07, 6.45) is 4.67. The number of carbonyl (C=O) groups excluding carboxylic acids is 1. The molecule has 0 unspecified atom stereocenters. The normalized spacial score (nSPS) is 14.5. The molecule has 0 spiro atoms. The summed E-state index contributed by atoms with van der Waals surface area (Å²) >= 11 is 4.81. The van der Waals surface area contributed by atoms with Crippen LogP contribution in [0.2, 0.25) is 0 Å². The van der Waals surface area contributed by atoms with Gasteiger partial charge in [0.05, 0.1) is 11.1 Å². The van der Waals surface area contributed by atoms with Gasteiger partial charge in [0.15, 0.2) is 16.0 Å². The Hall–Kier alpha value is -1.32. The van der Waals surface area contributed by atoms with Gasteiger partial charge in [-0.3, -0.25) is 4.79 Å². The Bertz CT molecular complexity index is 962. The van der Waals surface area contributed by atoms with E-state index < -0.39 is 0 Å². The number of hydrogen-bond acceptors (Lipinski definition) is 7. The van der Waals surface area contributed by atoms with Gasteiger partial charge in [-0.25, -0.2) is 9.38 Å². The monoisotopic (exact) mass is 393 g/mol. The number of carbonyl (C=O) groups is 1. The second kappa shape index (κ2) is 6.77. The van der Waals surface area contributed by atoms with Crippen molar-refractivity contribution in [3.05, 3.63) is 10.4 Å². The minimum atomic E-state index is -0.359. The molecule has 1 aliphatic carbocycles. The highest BCUT2D eigenvalue weighted by atomic mass is 32.2. The highest BCUT2D eigenvalue weighted by Crippen LogP contribution is 2.39. The lowest BCUT2D eigenvalue weighted by Crippen LogP contribution is -2.13. The van der Waals surface area contributed by atoms with Crippen LogP contribution in [0.4, 0.5) is 0 Å². The SMILES string of the molecule is CC(C)Sc1nc2sc3c(c2c2nnc(SCC(N)=O)n12)CCCC3. The highest BCUT2D eigenvalue weighted by molar-refractivity contribution is 8.00. The quantitative estimate of drug-likeness (QED) is 0.529.